The summed E-state index contributed by atoms with van der Waals surface area (Å²) in [7, 11) is 1.46. The molecule has 0 aliphatic heterocycles. The van der Waals surface area contributed by atoms with Crippen LogP contribution in [0.1, 0.15) is 17.3 Å². The highest BCUT2D eigenvalue weighted by Gasteiger charge is 2.23. The predicted octanol–water partition coefficient (Wildman–Crippen LogP) is 5.99. The molecule has 0 aliphatic carbocycles. The minimum absolute atomic E-state index is 0.134. The van der Waals surface area contributed by atoms with Crippen molar-refractivity contribution >= 4 is 40.8 Å². The van der Waals surface area contributed by atoms with Crippen molar-refractivity contribution in [1.29, 1.82) is 0 Å². The molecular weight excluding hydrogens is 453 g/mol. The lowest BCUT2D eigenvalue weighted by molar-refractivity contribution is 0.0695. The number of aromatic nitrogens is 1. The van der Waals surface area contributed by atoms with Crippen LogP contribution in [0.5, 0.6) is 17.4 Å². The van der Waals surface area contributed by atoms with Crippen molar-refractivity contribution in [3.05, 3.63) is 73.3 Å². The van der Waals surface area contributed by atoms with Crippen molar-refractivity contribution in [1.82, 2.24) is 4.57 Å². The summed E-state index contributed by atoms with van der Waals surface area (Å²) in [5.41, 5.74) is -0.546. The van der Waals surface area contributed by atoms with Crippen LogP contribution >= 0.6 is 34.8 Å². The largest absolute Gasteiger partial charge is 0.493 e. The van der Waals surface area contributed by atoms with E-state index in [4.69, 9.17) is 44.3 Å². The fourth-order valence-electron chi connectivity index (χ4n) is 3.01. The summed E-state index contributed by atoms with van der Waals surface area (Å²) < 4.78 is 12.8. The summed E-state index contributed by atoms with van der Waals surface area (Å²) >= 11 is 18.1. The van der Waals surface area contributed by atoms with Gasteiger partial charge in [-0.1, -0.05) is 40.9 Å². The van der Waals surface area contributed by atoms with Crippen LogP contribution in [-0.2, 0) is 6.54 Å². The highest BCUT2D eigenvalue weighted by atomic mass is 35.5. The molecule has 2 aromatic carbocycles. The zero-order chi connectivity index (χ0) is 22.0. The van der Waals surface area contributed by atoms with Crippen LogP contribution in [-0.4, -0.2) is 22.8 Å². The standard InChI is InChI=1S/C21H16Cl3NO5/c1-3-25-18(30-16-7-5-12(22)9-17(16)29-2)10-15(26)19(21(27)28)20(25)11-4-6-13(23)14(24)8-11/h4-10H,3H2,1-2H3,(H,27,28). The topological polar surface area (TPSA) is 77.8 Å². The number of benzene rings is 2. The number of halogens is 3. The zero-order valence-corrected chi connectivity index (χ0v) is 18.2. The summed E-state index contributed by atoms with van der Waals surface area (Å²) in [4.78, 5) is 24.6. The van der Waals surface area contributed by atoms with E-state index in [2.05, 4.69) is 0 Å². The Labute approximate surface area is 187 Å². The summed E-state index contributed by atoms with van der Waals surface area (Å²) in [5, 5.41) is 10.7. The molecule has 156 valence electrons. The van der Waals surface area contributed by atoms with Crippen LogP contribution in [0, 0.1) is 0 Å². The van der Waals surface area contributed by atoms with Crippen LogP contribution in [0.15, 0.2) is 47.3 Å². The van der Waals surface area contributed by atoms with E-state index < -0.39 is 17.0 Å². The molecule has 0 radical (unpaired) electrons. The smallest absolute Gasteiger partial charge is 0.341 e. The number of hydrogen-bond donors (Lipinski definition) is 1. The first-order valence-electron chi connectivity index (χ1n) is 8.74. The van der Waals surface area contributed by atoms with Crippen LogP contribution in [0.25, 0.3) is 11.3 Å². The summed E-state index contributed by atoms with van der Waals surface area (Å²) in [6.07, 6.45) is 0. The molecule has 0 fully saturated rings. The van der Waals surface area contributed by atoms with Gasteiger partial charge in [-0.05, 0) is 31.2 Å². The minimum Gasteiger partial charge on any atom is -0.493 e. The van der Waals surface area contributed by atoms with E-state index in [1.807, 2.05) is 0 Å². The zero-order valence-electron chi connectivity index (χ0n) is 15.9. The Bertz CT molecular complexity index is 1190. The van der Waals surface area contributed by atoms with E-state index in [0.29, 0.717) is 33.7 Å². The van der Waals surface area contributed by atoms with Crippen molar-refractivity contribution in [3.63, 3.8) is 0 Å². The molecule has 9 heteroatoms. The quantitative estimate of drug-likeness (QED) is 0.480. The first-order valence-corrected chi connectivity index (χ1v) is 9.88. The molecule has 0 amide bonds. The van der Waals surface area contributed by atoms with Gasteiger partial charge < -0.3 is 19.1 Å². The van der Waals surface area contributed by atoms with Crippen LogP contribution in [0.3, 0.4) is 0 Å². The van der Waals surface area contributed by atoms with E-state index in [0.717, 1.165) is 6.07 Å². The lowest BCUT2D eigenvalue weighted by atomic mass is 10.0. The molecule has 3 aromatic rings. The average Bonchev–Trinajstić information content (AvgIpc) is 2.70. The Morgan fingerprint density at radius 3 is 2.37 bits per heavy atom. The van der Waals surface area contributed by atoms with Gasteiger partial charge in [-0.15, -0.1) is 0 Å². The first kappa shape index (κ1) is 22.0. The van der Waals surface area contributed by atoms with E-state index >= 15 is 0 Å². The number of carboxylic acid groups (broad SMARTS) is 1. The molecule has 0 saturated heterocycles. The van der Waals surface area contributed by atoms with E-state index in [1.54, 1.807) is 35.8 Å². The fourth-order valence-corrected chi connectivity index (χ4v) is 3.47. The van der Waals surface area contributed by atoms with Crippen molar-refractivity contribution in [2.24, 2.45) is 0 Å². The number of methoxy groups -OCH3 is 1. The van der Waals surface area contributed by atoms with Crippen molar-refractivity contribution in [2.75, 3.05) is 7.11 Å². The molecule has 3 rings (SSSR count). The number of nitrogens with zero attached hydrogens (tertiary/aromatic N) is 1. The highest BCUT2D eigenvalue weighted by molar-refractivity contribution is 6.42. The van der Waals surface area contributed by atoms with E-state index in [-0.39, 0.29) is 16.6 Å². The Morgan fingerprint density at radius 1 is 1.03 bits per heavy atom. The summed E-state index contributed by atoms with van der Waals surface area (Å²) in [5.74, 6) is -0.559. The molecule has 0 spiro atoms. The van der Waals surface area contributed by atoms with Gasteiger partial charge in [-0.3, -0.25) is 4.79 Å². The molecule has 1 N–H and O–H groups in total. The summed E-state index contributed by atoms with van der Waals surface area (Å²) in [6, 6.07) is 10.5. The fraction of sp³-hybridized carbons (Fsp3) is 0.143. The molecule has 0 aliphatic rings. The SMILES string of the molecule is CCn1c(Oc2ccc(Cl)cc2OC)cc(=O)c(C(=O)O)c1-c1ccc(Cl)c(Cl)c1. The van der Waals surface area contributed by atoms with Gasteiger partial charge in [0.25, 0.3) is 0 Å². The summed E-state index contributed by atoms with van der Waals surface area (Å²) in [6.45, 7) is 2.10. The maximum atomic E-state index is 12.7. The lowest BCUT2D eigenvalue weighted by Crippen LogP contribution is -2.21. The first-order chi connectivity index (χ1) is 14.3. The second-order valence-electron chi connectivity index (χ2n) is 6.15. The molecule has 6 nitrogen and oxygen atoms in total. The van der Waals surface area contributed by atoms with Crippen LogP contribution in [0.2, 0.25) is 15.1 Å². The molecule has 0 atom stereocenters. The number of hydrogen-bond acceptors (Lipinski definition) is 4. The molecule has 30 heavy (non-hydrogen) atoms. The number of aromatic carboxylic acids is 1. The molecule has 0 bridgehead atoms. The van der Waals surface area contributed by atoms with Crippen LogP contribution in [0.4, 0.5) is 0 Å². The molecular formula is C21H16Cl3NO5. The lowest BCUT2D eigenvalue weighted by Gasteiger charge is -2.20. The van der Waals surface area contributed by atoms with Gasteiger partial charge in [0.2, 0.25) is 11.3 Å². The second kappa shape index (κ2) is 9.00. The minimum atomic E-state index is -1.36. The van der Waals surface area contributed by atoms with Gasteiger partial charge in [0.05, 0.1) is 22.8 Å². The van der Waals surface area contributed by atoms with Crippen molar-refractivity contribution < 1.29 is 19.4 Å². The van der Waals surface area contributed by atoms with Crippen molar-refractivity contribution in [2.45, 2.75) is 13.5 Å². The van der Waals surface area contributed by atoms with Gasteiger partial charge in [-0.2, -0.15) is 0 Å². The van der Waals surface area contributed by atoms with E-state index in [9.17, 15) is 14.7 Å². The highest BCUT2D eigenvalue weighted by Crippen LogP contribution is 2.36. The van der Waals surface area contributed by atoms with Gasteiger partial charge in [0.15, 0.2) is 11.5 Å². The number of ether oxygens (including phenoxy) is 2. The van der Waals surface area contributed by atoms with Crippen molar-refractivity contribution in [3.8, 4) is 28.6 Å². The average molecular weight is 469 g/mol. The second-order valence-corrected chi connectivity index (χ2v) is 7.40. The van der Waals surface area contributed by atoms with Gasteiger partial charge in [0.1, 0.15) is 5.56 Å². The number of pyridine rings is 1. The number of carboxylic acids is 1. The monoisotopic (exact) mass is 467 g/mol. The third-order valence-corrected chi connectivity index (χ3v) is 5.31. The molecule has 0 saturated carbocycles. The third kappa shape index (κ3) is 4.26. The van der Waals surface area contributed by atoms with Gasteiger partial charge in [-0.25, -0.2) is 4.79 Å². The maximum Gasteiger partial charge on any atom is 0.341 e. The molecule has 0 unspecified atom stereocenters. The van der Waals surface area contributed by atoms with Crippen LogP contribution < -0.4 is 14.9 Å². The normalized spacial score (nSPS) is 10.7. The predicted molar refractivity (Wildman–Crippen MR) is 117 cm³/mol. The van der Waals surface area contributed by atoms with E-state index in [1.165, 1.54) is 19.2 Å². The van der Waals surface area contributed by atoms with Gasteiger partial charge in [0, 0.05) is 29.3 Å². The molecule has 1 aromatic heterocycles. The Kier molecular flexibility index (Phi) is 6.61. The Morgan fingerprint density at radius 2 is 1.77 bits per heavy atom. The third-order valence-electron chi connectivity index (χ3n) is 4.34. The molecule has 1 heterocycles. The maximum absolute atomic E-state index is 12.7. The number of carbonyl (C=O) groups is 1. The van der Waals surface area contributed by atoms with Gasteiger partial charge >= 0.3 is 5.97 Å². The number of rotatable bonds is 6. The Hall–Kier alpha value is -2.67. The Balaban J connectivity index is 2.28.